The van der Waals surface area contributed by atoms with Crippen LogP contribution in [0.4, 0.5) is 4.39 Å². The van der Waals surface area contributed by atoms with E-state index < -0.39 is 0 Å². The Labute approximate surface area is 175 Å². The average molecular weight is 421 g/mol. The van der Waals surface area contributed by atoms with Gasteiger partial charge in [0.1, 0.15) is 5.82 Å². The molecule has 6 heteroatoms. The molecule has 1 amide bonds. The summed E-state index contributed by atoms with van der Waals surface area (Å²) in [5.74, 6) is 1.37. The van der Waals surface area contributed by atoms with Crippen LogP contribution in [0, 0.1) is 11.7 Å². The van der Waals surface area contributed by atoms with Gasteiger partial charge in [0, 0.05) is 36.2 Å². The molecule has 150 valence electrons. The number of likely N-dealkylation sites (tertiary alicyclic amines) is 1. The van der Waals surface area contributed by atoms with Crippen LogP contribution in [0.1, 0.15) is 24.0 Å². The van der Waals surface area contributed by atoms with Gasteiger partial charge >= 0.3 is 0 Å². The van der Waals surface area contributed by atoms with E-state index in [1.165, 1.54) is 6.07 Å². The van der Waals surface area contributed by atoms with Crippen LogP contribution < -0.4 is 5.32 Å². The summed E-state index contributed by atoms with van der Waals surface area (Å²) in [6.45, 7) is 3.15. The molecular formula is C22H26ClFN2OS. The van der Waals surface area contributed by atoms with Gasteiger partial charge < -0.3 is 5.32 Å². The molecule has 2 aromatic carbocycles. The number of piperidine rings is 1. The Balaban J connectivity index is 1.38. The van der Waals surface area contributed by atoms with Gasteiger partial charge in [0.15, 0.2) is 0 Å². The zero-order valence-corrected chi connectivity index (χ0v) is 17.4. The number of amides is 1. The summed E-state index contributed by atoms with van der Waals surface area (Å²) in [6, 6.07) is 14.7. The predicted octanol–water partition coefficient (Wildman–Crippen LogP) is 4.74. The van der Waals surface area contributed by atoms with Crippen molar-refractivity contribution in [1.29, 1.82) is 0 Å². The molecule has 0 radical (unpaired) electrons. The Kier molecular flexibility index (Phi) is 8.19. The van der Waals surface area contributed by atoms with E-state index in [1.807, 2.05) is 30.3 Å². The SMILES string of the molecule is O=C(NCCSCc1ccccc1F)C1CCCN(Cc2ccccc2Cl)C1. The van der Waals surface area contributed by atoms with E-state index in [0.717, 1.165) is 48.8 Å². The Bertz CT molecular complexity index is 789. The van der Waals surface area contributed by atoms with Gasteiger partial charge in [0.2, 0.25) is 5.91 Å². The summed E-state index contributed by atoms with van der Waals surface area (Å²) >= 11 is 7.90. The quantitative estimate of drug-likeness (QED) is 0.626. The molecule has 0 saturated carbocycles. The lowest BCUT2D eigenvalue weighted by molar-refractivity contribution is -0.126. The first-order chi connectivity index (χ1) is 13.6. The highest BCUT2D eigenvalue weighted by Crippen LogP contribution is 2.22. The Morgan fingerprint density at radius 3 is 2.71 bits per heavy atom. The van der Waals surface area contributed by atoms with E-state index >= 15 is 0 Å². The third-order valence-corrected chi connectivity index (χ3v) is 6.37. The van der Waals surface area contributed by atoms with Crippen molar-refractivity contribution >= 4 is 29.3 Å². The van der Waals surface area contributed by atoms with Crippen molar-refractivity contribution in [2.24, 2.45) is 5.92 Å². The molecule has 3 rings (SSSR count). The maximum absolute atomic E-state index is 13.6. The molecule has 1 unspecified atom stereocenters. The molecule has 1 N–H and O–H groups in total. The standard InChI is InChI=1S/C22H26ClFN2OS/c23-20-9-3-1-6-17(20)14-26-12-5-8-18(15-26)22(27)25-11-13-28-16-19-7-2-4-10-21(19)24/h1-4,6-7,9-10,18H,5,8,11-16H2,(H,25,27). The molecule has 2 aromatic rings. The molecule has 1 saturated heterocycles. The van der Waals surface area contributed by atoms with E-state index in [4.69, 9.17) is 11.6 Å². The molecule has 3 nitrogen and oxygen atoms in total. The minimum absolute atomic E-state index is 0.0211. The van der Waals surface area contributed by atoms with Crippen molar-refractivity contribution in [3.8, 4) is 0 Å². The van der Waals surface area contributed by atoms with Crippen molar-refractivity contribution in [3.63, 3.8) is 0 Å². The minimum Gasteiger partial charge on any atom is -0.355 e. The van der Waals surface area contributed by atoms with Gasteiger partial charge in [-0.05, 0) is 42.6 Å². The topological polar surface area (TPSA) is 32.3 Å². The summed E-state index contributed by atoms with van der Waals surface area (Å²) in [6.07, 6.45) is 1.94. The van der Waals surface area contributed by atoms with Gasteiger partial charge in [-0.3, -0.25) is 9.69 Å². The molecule has 0 aliphatic carbocycles. The van der Waals surface area contributed by atoms with Crippen LogP contribution in [0.25, 0.3) is 0 Å². The van der Waals surface area contributed by atoms with Gasteiger partial charge in [-0.15, -0.1) is 0 Å². The summed E-state index contributed by atoms with van der Waals surface area (Å²) < 4.78 is 13.6. The number of hydrogen-bond acceptors (Lipinski definition) is 3. The number of nitrogens with one attached hydrogen (secondary N) is 1. The summed E-state index contributed by atoms with van der Waals surface area (Å²) in [4.78, 5) is 14.8. The van der Waals surface area contributed by atoms with Gasteiger partial charge in [-0.2, -0.15) is 11.8 Å². The maximum atomic E-state index is 13.6. The zero-order valence-electron chi connectivity index (χ0n) is 15.9. The van der Waals surface area contributed by atoms with Crippen LogP contribution in [0.2, 0.25) is 5.02 Å². The first-order valence-electron chi connectivity index (χ1n) is 9.68. The van der Waals surface area contributed by atoms with Crippen LogP contribution in [-0.4, -0.2) is 36.2 Å². The van der Waals surface area contributed by atoms with Crippen molar-refractivity contribution in [1.82, 2.24) is 10.2 Å². The predicted molar refractivity (Wildman–Crippen MR) is 115 cm³/mol. The fourth-order valence-corrected chi connectivity index (χ4v) is 4.51. The lowest BCUT2D eigenvalue weighted by Crippen LogP contribution is -2.43. The van der Waals surface area contributed by atoms with E-state index in [0.29, 0.717) is 17.9 Å². The zero-order chi connectivity index (χ0) is 19.8. The van der Waals surface area contributed by atoms with Crippen LogP contribution in [0.5, 0.6) is 0 Å². The molecular weight excluding hydrogens is 395 g/mol. The number of thioether (sulfide) groups is 1. The summed E-state index contributed by atoms with van der Waals surface area (Å²) in [5, 5.41) is 3.82. The number of carbonyl (C=O) groups excluding carboxylic acids is 1. The number of rotatable bonds is 8. The molecule has 28 heavy (non-hydrogen) atoms. The van der Waals surface area contributed by atoms with Gasteiger partial charge in [-0.1, -0.05) is 48.0 Å². The Hall–Kier alpha value is -1.56. The molecule has 1 aliphatic rings. The van der Waals surface area contributed by atoms with Crippen LogP contribution in [0.15, 0.2) is 48.5 Å². The molecule has 0 spiro atoms. The van der Waals surface area contributed by atoms with Gasteiger partial charge in [0.05, 0.1) is 5.92 Å². The highest BCUT2D eigenvalue weighted by molar-refractivity contribution is 7.98. The second kappa shape index (κ2) is 10.8. The van der Waals surface area contributed by atoms with Crippen LogP contribution in [-0.2, 0) is 17.1 Å². The van der Waals surface area contributed by atoms with Gasteiger partial charge in [0.25, 0.3) is 0 Å². The number of halogens is 2. The molecule has 1 aliphatic heterocycles. The first kappa shape index (κ1) is 21.2. The second-order valence-electron chi connectivity index (χ2n) is 7.10. The fraction of sp³-hybridized carbons (Fsp3) is 0.409. The summed E-state index contributed by atoms with van der Waals surface area (Å²) in [5.41, 5.74) is 1.82. The average Bonchev–Trinajstić information content (AvgIpc) is 2.71. The lowest BCUT2D eigenvalue weighted by atomic mass is 9.96. The Morgan fingerprint density at radius 1 is 1.18 bits per heavy atom. The Morgan fingerprint density at radius 2 is 1.93 bits per heavy atom. The molecule has 1 heterocycles. The molecule has 0 bridgehead atoms. The molecule has 0 aromatic heterocycles. The normalized spacial score (nSPS) is 17.4. The molecule has 1 fully saturated rings. The molecule has 1 atom stereocenters. The van der Waals surface area contributed by atoms with E-state index in [2.05, 4.69) is 10.2 Å². The second-order valence-corrected chi connectivity index (χ2v) is 8.61. The van der Waals surface area contributed by atoms with Crippen molar-refractivity contribution in [3.05, 3.63) is 70.5 Å². The number of hydrogen-bond donors (Lipinski definition) is 1. The first-order valence-corrected chi connectivity index (χ1v) is 11.2. The van der Waals surface area contributed by atoms with Crippen LogP contribution in [0.3, 0.4) is 0 Å². The number of benzene rings is 2. The third kappa shape index (κ3) is 6.23. The van der Waals surface area contributed by atoms with E-state index in [1.54, 1.807) is 23.9 Å². The number of carbonyl (C=O) groups is 1. The van der Waals surface area contributed by atoms with Crippen molar-refractivity contribution in [2.45, 2.75) is 25.1 Å². The van der Waals surface area contributed by atoms with Crippen LogP contribution >= 0.6 is 23.4 Å². The monoisotopic (exact) mass is 420 g/mol. The van der Waals surface area contributed by atoms with E-state index in [-0.39, 0.29) is 17.6 Å². The fourth-order valence-electron chi connectivity index (χ4n) is 3.47. The summed E-state index contributed by atoms with van der Waals surface area (Å²) in [7, 11) is 0. The van der Waals surface area contributed by atoms with Crippen molar-refractivity contribution < 1.29 is 9.18 Å². The third-order valence-electron chi connectivity index (χ3n) is 4.99. The maximum Gasteiger partial charge on any atom is 0.224 e. The lowest BCUT2D eigenvalue weighted by Gasteiger charge is -2.32. The largest absolute Gasteiger partial charge is 0.355 e. The highest BCUT2D eigenvalue weighted by Gasteiger charge is 2.25. The highest BCUT2D eigenvalue weighted by atomic mass is 35.5. The minimum atomic E-state index is -0.167. The number of nitrogens with zero attached hydrogens (tertiary/aromatic N) is 1. The van der Waals surface area contributed by atoms with E-state index in [9.17, 15) is 9.18 Å². The van der Waals surface area contributed by atoms with Crippen molar-refractivity contribution in [2.75, 3.05) is 25.4 Å². The smallest absolute Gasteiger partial charge is 0.224 e. The van der Waals surface area contributed by atoms with Gasteiger partial charge in [-0.25, -0.2) is 4.39 Å².